The Morgan fingerprint density at radius 2 is 0.896 bits per heavy atom. The van der Waals surface area contributed by atoms with Crippen LogP contribution in [0, 0.1) is 0 Å². The van der Waals surface area contributed by atoms with E-state index in [1.807, 2.05) is 18.2 Å². The molecule has 0 N–H and O–H groups in total. The lowest BCUT2D eigenvalue weighted by atomic mass is 9.60. The van der Waals surface area contributed by atoms with Crippen molar-refractivity contribution in [1.29, 1.82) is 0 Å². The van der Waals surface area contributed by atoms with Gasteiger partial charge in [-0.1, -0.05) is 120 Å². The van der Waals surface area contributed by atoms with E-state index >= 15 is 0 Å². The average molecular weight is 596 g/mol. The molecule has 9 aromatic rings. The van der Waals surface area contributed by atoms with Gasteiger partial charge in [0.25, 0.3) is 0 Å². The molecule has 1 aromatic heterocycles. The molecule has 0 aliphatic heterocycles. The van der Waals surface area contributed by atoms with E-state index in [0.29, 0.717) is 11.4 Å². The van der Waals surface area contributed by atoms with Crippen molar-refractivity contribution in [3.63, 3.8) is 0 Å². The summed E-state index contributed by atoms with van der Waals surface area (Å²) >= 11 is 0. The second-order valence-corrected chi connectivity index (χ2v) is 12.2. The van der Waals surface area contributed by atoms with Crippen molar-refractivity contribution in [2.45, 2.75) is 0 Å². The van der Waals surface area contributed by atoms with Gasteiger partial charge in [0.05, 0.1) is 16.7 Å². The van der Waals surface area contributed by atoms with Crippen LogP contribution in [0.1, 0.15) is 0 Å². The standard InChI is InChI=1S/C41H21B5N2/c42-35-34(36(43)38(45)39(46)37(35)44)41-47-31-19-9-10-20-32(31)48(41)40-28-17-7-5-15-26(28)33(27-16-6-8-18-29(27)40)30-21-22-11-1-2-12-23(22)24-13-3-4-14-25(24)30/h1-21H. The van der Waals surface area contributed by atoms with E-state index in [9.17, 15) is 0 Å². The van der Waals surface area contributed by atoms with Crippen molar-refractivity contribution < 1.29 is 0 Å². The molecule has 0 atom stereocenters. The summed E-state index contributed by atoms with van der Waals surface area (Å²) in [7, 11) is 32.4. The Morgan fingerprint density at radius 3 is 1.54 bits per heavy atom. The third kappa shape index (κ3) is 4.03. The molecule has 0 unspecified atom stereocenters. The number of imidazole rings is 1. The minimum atomic E-state index is 0.166. The maximum atomic E-state index is 6.68. The van der Waals surface area contributed by atoms with Gasteiger partial charge in [0, 0.05) is 16.3 Å². The number of fused-ring (bicyclic) bond motifs is 6. The van der Waals surface area contributed by atoms with Gasteiger partial charge in [-0.25, -0.2) is 4.98 Å². The van der Waals surface area contributed by atoms with Crippen molar-refractivity contribution in [1.82, 2.24) is 9.55 Å². The van der Waals surface area contributed by atoms with Crippen LogP contribution >= 0.6 is 0 Å². The number of para-hydroxylation sites is 2. The minimum Gasteiger partial charge on any atom is -0.291 e. The predicted octanol–water partition coefficient (Wildman–Crippen LogP) is 4.94. The molecule has 10 radical (unpaired) electrons. The Morgan fingerprint density at radius 1 is 0.417 bits per heavy atom. The van der Waals surface area contributed by atoms with Crippen molar-refractivity contribution in [3.05, 3.63) is 127 Å². The Hall–Kier alpha value is -5.41. The predicted molar refractivity (Wildman–Crippen MR) is 209 cm³/mol. The summed E-state index contributed by atoms with van der Waals surface area (Å²) in [5.74, 6) is 0.531. The van der Waals surface area contributed by atoms with E-state index in [2.05, 4.69) is 114 Å². The van der Waals surface area contributed by atoms with E-state index in [1.165, 1.54) is 27.1 Å². The molecule has 0 fully saturated rings. The van der Waals surface area contributed by atoms with Gasteiger partial charge in [-0.15, -0.1) is 16.4 Å². The van der Waals surface area contributed by atoms with Crippen LogP contribution in [0.15, 0.2) is 127 Å². The Bertz CT molecular complexity index is 2720. The lowest BCUT2D eigenvalue weighted by Gasteiger charge is -2.24. The lowest BCUT2D eigenvalue weighted by Crippen LogP contribution is -2.55. The van der Waals surface area contributed by atoms with Gasteiger partial charge in [0.15, 0.2) is 0 Å². The molecule has 7 heteroatoms. The maximum Gasteiger partial charge on any atom is 0.144 e. The first kappa shape index (κ1) is 28.8. The molecular formula is C41H21B5N2. The molecule has 1 heterocycles. The summed E-state index contributed by atoms with van der Waals surface area (Å²) in [6.07, 6.45) is 0. The summed E-state index contributed by atoms with van der Waals surface area (Å²) in [6, 6.07) is 44.6. The van der Waals surface area contributed by atoms with Gasteiger partial charge in [0.2, 0.25) is 0 Å². The Balaban J connectivity index is 1.48. The molecule has 0 aliphatic rings. The second kappa shape index (κ2) is 10.8. The van der Waals surface area contributed by atoms with Gasteiger partial charge in [-0.3, -0.25) is 4.57 Å². The highest BCUT2D eigenvalue weighted by Gasteiger charge is 2.24. The van der Waals surface area contributed by atoms with Crippen molar-refractivity contribution in [2.75, 3.05) is 0 Å². The minimum absolute atomic E-state index is 0.166. The third-order valence-electron chi connectivity index (χ3n) is 9.65. The SMILES string of the molecule is [B]c1c([B])c([B])c(-c2nc3ccccc3n2-c2c3ccccc3c(-c3cc4ccccc4c4ccccc34)c3ccccc23)c([B])c1[B]. The molecule has 0 bridgehead atoms. The van der Waals surface area contributed by atoms with Gasteiger partial charge in [-0.05, 0) is 61.6 Å². The molecule has 0 amide bonds. The van der Waals surface area contributed by atoms with Crippen LogP contribution in [0.2, 0.25) is 0 Å². The fraction of sp³-hybridized carbons (Fsp3) is 0. The van der Waals surface area contributed by atoms with Gasteiger partial charge in [-0.2, -0.15) is 0 Å². The van der Waals surface area contributed by atoms with E-state index < -0.39 is 0 Å². The monoisotopic (exact) mass is 596 g/mol. The number of hydrogen-bond acceptors (Lipinski definition) is 1. The Kier molecular flexibility index (Phi) is 6.49. The number of benzene rings is 8. The number of rotatable bonds is 3. The Labute approximate surface area is 284 Å². The molecule has 210 valence electrons. The highest BCUT2D eigenvalue weighted by atomic mass is 15.1. The van der Waals surface area contributed by atoms with E-state index in [4.69, 9.17) is 44.2 Å². The van der Waals surface area contributed by atoms with Crippen LogP contribution < -0.4 is 27.3 Å². The summed E-state index contributed by atoms with van der Waals surface area (Å²) in [5, 5.41) is 9.13. The normalized spacial score (nSPS) is 11.8. The topological polar surface area (TPSA) is 17.8 Å². The smallest absolute Gasteiger partial charge is 0.144 e. The van der Waals surface area contributed by atoms with Crippen LogP contribution in [0.4, 0.5) is 0 Å². The first-order valence-corrected chi connectivity index (χ1v) is 15.8. The van der Waals surface area contributed by atoms with Crippen LogP contribution in [0.5, 0.6) is 0 Å². The molecule has 2 nitrogen and oxygen atoms in total. The highest BCUT2D eigenvalue weighted by molar-refractivity contribution is 6.68. The lowest BCUT2D eigenvalue weighted by molar-refractivity contribution is 1.13. The number of hydrogen-bond donors (Lipinski definition) is 0. The first-order chi connectivity index (χ1) is 23.4. The van der Waals surface area contributed by atoms with Crippen molar-refractivity contribution >= 4 is 121 Å². The van der Waals surface area contributed by atoms with Crippen molar-refractivity contribution in [2.24, 2.45) is 0 Å². The zero-order valence-electron chi connectivity index (χ0n) is 25.9. The molecule has 48 heavy (non-hydrogen) atoms. The van der Waals surface area contributed by atoms with Crippen LogP contribution in [0.3, 0.4) is 0 Å². The van der Waals surface area contributed by atoms with E-state index in [1.54, 1.807) is 0 Å². The number of nitrogens with zero attached hydrogens (tertiary/aromatic N) is 2. The average Bonchev–Trinajstić information content (AvgIpc) is 3.50. The van der Waals surface area contributed by atoms with Crippen LogP contribution in [-0.2, 0) is 0 Å². The first-order valence-electron chi connectivity index (χ1n) is 15.8. The molecule has 9 rings (SSSR count). The molecule has 8 aromatic carbocycles. The quantitative estimate of drug-likeness (QED) is 0.161. The molecule has 0 spiro atoms. The van der Waals surface area contributed by atoms with Gasteiger partial charge >= 0.3 is 0 Å². The largest absolute Gasteiger partial charge is 0.291 e. The maximum absolute atomic E-state index is 6.68. The highest BCUT2D eigenvalue weighted by Crippen LogP contribution is 2.46. The third-order valence-corrected chi connectivity index (χ3v) is 9.65. The van der Waals surface area contributed by atoms with E-state index in [0.717, 1.165) is 43.8 Å². The van der Waals surface area contributed by atoms with Crippen LogP contribution in [-0.4, -0.2) is 48.8 Å². The fourth-order valence-electron chi connectivity index (χ4n) is 7.41. The molecule has 0 saturated heterocycles. The zero-order chi connectivity index (χ0) is 32.7. The number of aromatic nitrogens is 2. The summed E-state index contributed by atoms with van der Waals surface area (Å²) < 4.78 is 2.14. The second-order valence-electron chi connectivity index (χ2n) is 12.2. The zero-order valence-corrected chi connectivity index (χ0v) is 25.9. The summed E-state index contributed by atoms with van der Waals surface area (Å²) in [6.45, 7) is 0. The van der Waals surface area contributed by atoms with E-state index in [-0.39, 0.29) is 27.3 Å². The van der Waals surface area contributed by atoms with Crippen molar-refractivity contribution in [3.8, 4) is 28.2 Å². The van der Waals surface area contributed by atoms with Crippen LogP contribution in [0.25, 0.3) is 82.3 Å². The molecule has 0 aliphatic carbocycles. The summed E-state index contributed by atoms with van der Waals surface area (Å²) in [4.78, 5) is 5.11. The molecular weight excluding hydrogens is 575 g/mol. The van der Waals surface area contributed by atoms with Gasteiger partial charge in [0.1, 0.15) is 45.1 Å². The van der Waals surface area contributed by atoms with Gasteiger partial charge < -0.3 is 0 Å². The fourth-order valence-corrected chi connectivity index (χ4v) is 7.41. The molecule has 0 saturated carbocycles. The summed E-state index contributed by atoms with van der Waals surface area (Å²) in [5.41, 5.74) is 6.42.